The van der Waals surface area contributed by atoms with E-state index in [1.54, 1.807) is 16.5 Å². The SMILES string of the molecule is CNS(=O)(=O)c1cc(C(=O)OC(C)C(=O)N(c2nccs2)C2CCCCC2)ccc1OC. The quantitative estimate of drug-likeness (QED) is 0.577. The van der Waals surface area contributed by atoms with Crippen LogP contribution in [0, 0.1) is 0 Å². The molecule has 1 fully saturated rings. The van der Waals surface area contributed by atoms with Gasteiger partial charge in [-0.05, 0) is 45.0 Å². The molecule has 0 aliphatic heterocycles. The summed E-state index contributed by atoms with van der Waals surface area (Å²) >= 11 is 1.36. The number of thiazole rings is 1. The fraction of sp³-hybridized carbons (Fsp3) is 0.476. The predicted molar refractivity (Wildman–Crippen MR) is 121 cm³/mol. The van der Waals surface area contributed by atoms with E-state index in [-0.39, 0.29) is 28.2 Å². The number of amides is 1. The van der Waals surface area contributed by atoms with Crippen LogP contribution in [0.25, 0.3) is 0 Å². The maximum atomic E-state index is 13.3. The van der Waals surface area contributed by atoms with Crippen molar-refractivity contribution in [1.29, 1.82) is 0 Å². The third-order valence-electron chi connectivity index (χ3n) is 5.39. The molecule has 9 nitrogen and oxygen atoms in total. The second-order valence-corrected chi connectivity index (χ2v) is 10.2. The van der Waals surface area contributed by atoms with E-state index < -0.39 is 22.1 Å². The van der Waals surface area contributed by atoms with Gasteiger partial charge in [0.15, 0.2) is 11.2 Å². The molecule has 1 heterocycles. The zero-order valence-corrected chi connectivity index (χ0v) is 19.9. The lowest BCUT2D eigenvalue weighted by Crippen LogP contribution is -2.47. The summed E-state index contributed by atoms with van der Waals surface area (Å²) in [7, 11) is -1.27. The number of ether oxygens (including phenoxy) is 2. The Hall–Kier alpha value is -2.50. The Kier molecular flexibility index (Phi) is 7.86. The van der Waals surface area contributed by atoms with Gasteiger partial charge in [0.05, 0.1) is 12.7 Å². The topological polar surface area (TPSA) is 115 Å². The van der Waals surface area contributed by atoms with Crippen LogP contribution in [0.15, 0.2) is 34.7 Å². The summed E-state index contributed by atoms with van der Waals surface area (Å²) in [6, 6.07) is 3.95. The third-order valence-corrected chi connectivity index (χ3v) is 7.60. The molecule has 1 aromatic carbocycles. The van der Waals surface area contributed by atoms with Gasteiger partial charge in [0.25, 0.3) is 5.91 Å². The molecule has 0 saturated heterocycles. The molecule has 1 aromatic heterocycles. The first kappa shape index (κ1) is 24.1. The fourth-order valence-corrected chi connectivity index (χ4v) is 5.34. The van der Waals surface area contributed by atoms with Gasteiger partial charge in [-0.2, -0.15) is 0 Å². The van der Waals surface area contributed by atoms with Gasteiger partial charge in [0, 0.05) is 17.6 Å². The monoisotopic (exact) mass is 481 g/mol. The molecule has 1 saturated carbocycles. The van der Waals surface area contributed by atoms with Crippen molar-refractivity contribution in [2.75, 3.05) is 19.1 Å². The number of sulfonamides is 1. The molecule has 1 N–H and O–H groups in total. The summed E-state index contributed by atoms with van der Waals surface area (Å²) in [5, 5.41) is 2.38. The average Bonchev–Trinajstić information content (AvgIpc) is 3.33. The number of nitrogens with zero attached hydrogens (tertiary/aromatic N) is 2. The van der Waals surface area contributed by atoms with Crippen molar-refractivity contribution in [3.63, 3.8) is 0 Å². The summed E-state index contributed by atoms with van der Waals surface area (Å²) in [6.07, 6.45) is 5.51. The molecule has 2 aromatic rings. The predicted octanol–water partition coefficient (Wildman–Crippen LogP) is 2.97. The zero-order chi connectivity index (χ0) is 23.3. The molecule has 11 heteroatoms. The number of esters is 1. The van der Waals surface area contributed by atoms with Gasteiger partial charge >= 0.3 is 5.97 Å². The van der Waals surface area contributed by atoms with Crippen LogP contribution in [-0.4, -0.2) is 51.6 Å². The molecule has 0 radical (unpaired) electrons. The number of benzene rings is 1. The number of anilines is 1. The van der Waals surface area contributed by atoms with Crippen molar-refractivity contribution in [2.45, 2.75) is 56.1 Å². The molecular weight excluding hydrogens is 454 g/mol. The highest BCUT2D eigenvalue weighted by Crippen LogP contribution is 2.30. The number of hydrogen-bond acceptors (Lipinski definition) is 8. The maximum Gasteiger partial charge on any atom is 0.338 e. The van der Waals surface area contributed by atoms with E-state index in [1.807, 2.05) is 0 Å². The van der Waals surface area contributed by atoms with E-state index in [9.17, 15) is 18.0 Å². The lowest BCUT2D eigenvalue weighted by Gasteiger charge is -2.33. The summed E-state index contributed by atoms with van der Waals surface area (Å²) in [5.41, 5.74) is -0.00209. The molecule has 1 aliphatic rings. The first-order valence-corrected chi connectivity index (χ1v) is 12.7. The Morgan fingerprint density at radius 3 is 2.56 bits per heavy atom. The average molecular weight is 482 g/mol. The maximum absolute atomic E-state index is 13.3. The first-order valence-electron chi connectivity index (χ1n) is 10.3. The number of aromatic nitrogens is 1. The summed E-state index contributed by atoms with van der Waals surface area (Å²) < 4.78 is 37.3. The van der Waals surface area contributed by atoms with Crippen molar-refractivity contribution < 1.29 is 27.5 Å². The van der Waals surface area contributed by atoms with Crippen LogP contribution in [0.1, 0.15) is 49.4 Å². The second kappa shape index (κ2) is 10.4. The number of methoxy groups -OCH3 is 1. The van der Waals surface area contributed by atoms with Crippen LogP contribution in [0.2, 0.25) is 0 Å². The molecule has 1 aliphatic carbocycles. The smallest absolute Gasteiger partial charge is 0.338 e. The van der Waals surface area contributed by atoms with Gasteiger partial charge in [0.1, 0.15) is 10.6 Å². The van der Waals surface area contributed by atoms with Gasteiger partial charge in [-0.1, -0.05) is 19.3 Å². The number of carbonyl (C=O) groups is 2. The Balaban J connectivity index is 1.81. The van der Waals surface area contributed by atoms with Crippen molar-refractivity contribution in [3.05, 3.63) is 35.3 Å². The van der Waals surface area contributed by atoms with Crippen LogP contribution in [0.3, 0.4) is 0 Å². The van der Waals surface area contributed by atoms with Gasteiger partial charge in [-0.25, -0.2) is 22.9 Å². The summed E-state index contributed by atoms with van der Waals surface area (Å²) in [4.78, 5) is 31.8. The highest BCUT2D eigenvalue weighted by molar-refractivity contribution is 7.89. The van der Waals surface area contributed by atoms with E-state index in [0.29, 0.717) is 5.13 Å². The second-order valence-electron chi connectivity index (χ2n) is 7.44. The van der Waals surface area contributed by atoms with Crippen molar-refractivity contribution in [1.82, 2.24) is 9.71 Å². The first-order chi connectivity index (χ1) is 15.3. The minimum Gasteiger partial charge on any atom is -0.495 e. The summed E-state index contributed by atoms with van der Waals surface area (Å²) in [5.74, 6) is -1.06. The number of rotatable bonds is 8. The molecular formula is C21H27N3O6S2. The minimum atomic E-state index is -3.86. The lowest BCUT2D eigenvalue weighted by molar-refractivity contribution is -0.127. The van der Waals surface area contributed by atoms with E-state index in [0.717, 1.165) is 32.1 Å². The highest BCUT2D eigenvalue weighted by Gasteiger charge is 2.33. The molecule has 1 amide bonds. The lowest BCUT2D eigenvalue weighted by atomic mass is 9.94. The van der Waals surface area contributed by atoms with Crippen LogP contribution < -0.4 is 14.4 Å². The van der Waals surface area contributed by atoms with Gasteiger partial charge in [-0.15, -0.1) is 11.3 Å². The van der Waals surface area contributed by atoms with Gasteiger partial charge < -0.3 is 9.47 Å². The highest BCUT2D eigenvalue weighted by atomic mass is 32.2. The Labute approximate surface area is 191 Å². The van der Waals surface area contributed by atoms with E-state index in [4.69, 9.17) is 9.47 Å². The standard InChI is InChI=1S/C21H27N3O6S2/c1-14(19(25)24(21-23-11-12-31-21)16-7-5-4-6-8-16)30-20(26)15-9-10-17(29-3)18(13-15)32(27,28)22-2/h9-14,16,22H,4-8H2,1-3H3. The Bertz CT molecular complexity index is 1050. The van der Waals surface area contributed by atoms with Crippen LogP contribution in [0.5, 0.6) is 5.75 Å². The molecule has 174 valence electrons. The summed E-state index contributed by atoms with van der Waals surface area (Å²) in [6.45, 7) is 1.51. The Morgan fingerprint density at radius 2 is 1.97 bits per heavy atom. The van der Waals surface area contributed by atoms with Crippen molar-refractivity contribution in [2.24, 2.45) is 0 Å². The fourth-order valence-electron chi connectivity index (χ4n) is 3.70. The van der Waals surface area contributed by atoms with Crippen molar-refractivity contribution >= 4 is 38.4 Å². The number of nitrogens with one attached hydrogen (secondary N) is 1. The molecule has 1 unspecified atom stereocenters. The largest absolute Gasteiger partial charge is 0.495 e. The van der Waals surface area contributed by atoms with E-state index >= 15 is 0 Å². The van der Waals surface area contributed by atoms with Crippen LogP contribution in [0.4, 0.5) is 5.13 Å². The molecule has 32 heavy (non-hydrogen) atoms. The van der Waals surface area contributed by atoms with Crippen LogP contribution >= 0.6 is 11.3 Å². The third kappa shape index (κ3) is 5.28. The zero-order valence-electron chi connectivity index (χ0n) is 18.2. The minimum absolute atomic E-state index is 0.00209. The van der Waals surface area contributed by atoms with Crippen molar-refractivity contribution in [3.8, 4) is 5.75 Å². The van der Waals surface area contributed by atoms with E-state index in [1.165, 1.54) is 50.6 Å². The molecule has 3 rings (SSSR count). The number of hydrogen-bond donors (Lipinski definition) is 1. The molecule has 0 bridgehead atoms. The van der Waals surface area contributed by atoms with Gasteiger partial charge in [-0.3, -0.25) is 9.69 Å². The van der Waals surface area contributed by atoms with Gasteiger partial charge in [0.2, 0.25) is 10.0 Å². The number of carbonyl (C=O) groups excluding carboxylic acids is 2. The van der Waals surface area contributed by atoms with Crippen LogP contribution in [-0.2, 0) is 19.6 Å². The Morgan fingerprint density at radius 1 is 1.25 bits per heavy atom. The molecule has 0 spiro atoms. The molecule has 1 atom stereocenters. The van der Waals surface area contributed by atoms with E-state index in [2.05, 4.69) is 9.71 Å². The normalized spacial score (nSPS) is 15.7.